The van der Waals surface area contributed by atoms with Crippen LogP contribution in [0.4, 0.5) is 11.9 Å². The fourth-order valence-corrected chi connectivity index (χ4v) is 2.25. The fraction of sp³-hybridized carbons (Fsp3) is 0.818. The van der Waals surface area contributed by atoms with Crippen LogP contribution in [0.3, 0.4) is 0 Å². The van der Waals surface area contributed by atoms with Crippen LogP contribution in [0, 0.1) is 0 Å². The van der Waals surface area contributed by atoms with Gasteiger partial charge >= 0.3 is 0 Å². The lowest BCUT2D eigenvalue weighted by Gasteiger charge is -2.21. The molecule has 1 aromatic heterocycles. The smallest absolute Gasteiger partial charge is 0.244 e. The normalized spacial score (nSPS) is 17.9. The Hall–Kier alpha value is -1.26. The fourth-order valence-electron chi connectivity index (χ4n) is 2.25. The quantitative estimate of drug-likeness (QED) is 0.824. The van der Waals surface area contributed by atoms with Crippen molar-refractivity contribution >= 4 is 11.9 Å². The Kier molecular flexibility index (Phi) is 3.31. The third kappa shape index (κ3) is 2.46. The topological polar surface area (TPSA) is 68.8 Å². The number of nitrogens with zero attached hydrogens (tertiary/aromatic N) is 3. The number of nitrogens with two attached hydrogens (primary N) is 1. The van der Waals surface area contributed by atoms with Crippen molar-refractivity contribution in [3.8, 4) is 0 Å². The summed E-state index contributed by atoms with van der Waals surface area (Å²) in [6, 6.07) is 0.783. The third-order valence-corrected chi connectivity index (χ3v) is 3.00. The standard InChI is InChI=1S/C11H21N5/c1-8(2)13-11-14-10(12)16(15-11)9-6-4-3-5-7-9/h8-9H,3-7H2,1-2H3,(H3,12,13,14,15). The van der Waals surface area contributed by atoms with E-state index in [-0.39, 0.29) is 0 Å². The highest BCUT2D eigenvalue weighted by Gasteiger charge is 2.19. The van der Waals surface area contributed by atoms with E-state index in [9.17, 15) is 0 Å². The van der Waals surface area contributed by atoms with Crippen molar-refractivity contribution < 1.29 is 0 Å². The van der Waals surface area contributed by atoms with E-state index in [1.165, 1.54) is 32.1 Å². The predicted molar refractivity (Wildman–Crippen MR) is 65.3 cm³/mol. The molecule has 16 heavy (non-hydrogen) atoms. The number of hydrogen-bond acceptors (Lipinski definition) is 4. The molecule has 0 atom stereocenters. The van der Waals surface area contributed by atoms with Crippen LogP contribution in [0.5, 0.6) is 0 Å². The molecule has 0 saturated heterocycles. The Labute approximate surface area is 96.4 Å². The van der Waals surface area contributed by atoms with Crippen LogP contribution in [0.15, 0.2) is 0 Å². The third-order valence-electron chi connectivity index (χ3n) is 3.00. The van der Waals surface area contributed by atoms with Crippen molar-refractivity contribution in [2.45, 2.75) is 58.0 Å². The van der Waals surface area contributed by atoms with E-state index >= 15 is 0 Å². The SMILES string of the molecule is CC(C)Nc1nc(N)n(C2CCCCC2)n1. The highest BCUT2D eigenvalue weighted by molar-refractivity contribution is 5.32. The molecule has 1 aliphatic rings. The molecule has 0 aliphatic heterocycles. The van der Waals surface area contributed by atoms with Gasteiger partial charge in [-0.3, -0.25) is 0 Å². The van der Waals surface area contributed by atoms with Gasteiger partial charge in [-0.15, -0.1) is 5.10 Å². The van der Waals surface area contributed by atoms with Gasteiger partial charge in [0, 0.05) is 6.04 Å². The van der Waals surface area contributed by atoms with Gasteiger partial charge in [-0.25, -0.2) is 4.68 Å². The van der Waals surface area contributed by atoms with E-state index in [0.717, 1.165) is 0 Å². The molecule has 90 valence electrons. The second kappa shape index (κ2) is 4.72. The molecule has 0 aromatic carbocycles. The van der Waals surface area contributed by atoms with Gasteiger partial charge in [0.15, 0.2) is 0 Å². The van der Waals surface area contributed by atoms with Crippen LogP contribution in [0.2, 0.25) is 0 Å². The zero-order valence-corrected chi connectivity index (χ0v) is 10.1. The van der Waals surface area contributed by atoms with E-state index in [2.05, 4.69) is 29.2 Å². The van der Waals surface area contributed by atoms with Gasteiger partial charge in [-0.05, 0) is 26.7 Å². The van der Waals surface area contributed by atoms with Crippen molar-refractivity contribution in [2.75, 3.05) is 11.1 Å². The molecular formula is C11H21N5. The van der Waals surface area contributed by atoms with Crippen LogP contribution in [0.1, 0.15) is 52.0 Å². The first kappa shape index (κ1) is 11.2. The van der Waals surface area contributed by atoms with Crippen molar-refractivity contribution in [3.63, 3.8) is 0 Å². The first-order valence-electron chi connectivity index (χ1n) is 6.15. The molecule has 1 heterocycles. The Balaban J connectivity index is 2.10. The van der Waals surface area contributed by atoms with Crippen LogP contribution in [0.25, 0.3) is 0 Å². The Bertz CT molecular complexity index is 338. The number of nitrogens with one attached hydrogen (secondary N) is 1. The zero-order chi connectivity index (χ0) is 11.5. The zero-order valence-electron chi connectivity index (χ0n) is 10.1. The number of nitrogen functional groups attached to an aromatic ring is 1. The van der Waals surface area contributed by atoms with Gasteiger partial charge in [-0.1, -0.05) is 19.3 Å². The molecule has 1 fully saturated rings. The maximum Gasteiger partial charge on any atom is 0.244 e. The summed E-state index contributed by atoms with van der Waals surface area (Å²) in [6.45, 7) is 4.13. The summed E-state index contributed by atoms with van der Waals surface area (Å²) >= 11 is 0. The first-order valence-corrected chi connectivity index (χ1v) is 6.15. The lowest BCUT2D eigenvalue weighted by atomic mass is 9.96. The molecule has 0 unspecified atom stereocenters. The van der Waals surface area contributed by atoms with Gasteiger partial charge in [0.05, 0.1) is 6.04 Å². The second-order valence-corrected chi connectivity index (χ2v) is 4.83. The molecule has 0 spiro atoms. The van der Waals surface area contributed by atoms with Gasteiger partial charge in [0.1, 0.15) is 0 Å². The molecule has 0 bridgehead atoms. The molecule has 1 aliphatic carbocycles. The van der Waals surface area contributed by atoms with Gasteiger partial charge in [0.2, 0.25) is 11.9 Å². The van der Waals surface area contributed by atoms with Crippen LogP contribution < -0.4 is 11.1 Å². The second-order valence-electron chi connectivity index (χ2n) is 4.83. The van der Waals surface area contributed by atoms with E-state index in [1.54, 1.807) is 0 Å². The molecule has 2 rings (SSSR count). The van der Waals surface area contributed by atoms with E-state index in [0.29, 0.717) is 24.0 Å². The minimum absolute atomic E-state index is 0.335. The molecule has 0 amide bonds. The van der Waals surface area contributed by atoms with E-state index in [4.69, 9.17) is 5.73 Å². The summed E-state index contributed by atoms with van der Waals surface area (Å²) in [5.41, 5.74) is 5.90. The minimum atomic E-state index is 0.335. The summed E-state index contributed by atoms with van der Waals surface area (Å²) in [7, 11) is 0. The van der Waals surface area contributed by atoms with Crippen molar-refractivity contribution in [2.24, 2.45) is 0 Å². The molecule has 5 heteroatoms. The predicted octanol–water partition coefficient (Wildman–Crippen LogP) is 2.19. The van der Waals surface area contributed by atoms with Crippen LogP contribution in [-0.4, -0.2) is 20.8 Å². The van der Waals surface area contributed by atoms with E-state index in [1.807, 2.05) is 4.68 Å². The maximum atomic E-state index is 5.90. The summed E-state index contributed by atoms with van der Waals surface area (Å²) in [4.78, 5) is 4.24. The van der Waals surface area contributed by atoms with Gasteiger partial charge in [-0.2, -0.15) is 4.98 Å². The monoisotopic (exact) mass is 223 g/mol. The van der Waals surface area contributed by atoms with E-state index < -0.39 is 0 Å². The lowest BCUT2D eigenvalue weighted by Crippen LogP contribution is -2.17. The Morgan fingerprint density at radius 2 is 2.00 bits per heavy atom. The number of rotatable bonds is 3. The Morgan fingerprint density at radius 1 is 1.31 bits per heavy atom. The molecule has 1 saturated carbocycles. The van der Waals surface area contributed by atoms with Gasteiger partial charge < -0.3 is 11.1 Å². The molecule has 5 nitrogen and oxygen atoms in total. The highest BCUT2D eigenvalue weighted by Crippen LogP contribution is 2.29. The summed E-state index contributed by atoms with van der Waals surface area (Å²) in [5.74, 6) is 1.19. The largest absolute Gasteiger partial charge is 0.368 e. The average molecular weight is 223 g/mol. The molecule has 0 radical (unpaired) electrons. The molecule has 1 aromatic rings. The number of aromatic nitrogens is 3. The maximum absolute atomic E-state index is 5.90. The van der Waals surface area contributed by atoms with Crippen molar-refractivity contribution in [1.82, 2.24) is 14.8 Å². The highest BCUT2D eigenvalue weighted by atomic mass is 15.4. The number of hydrogen-bond donors (Lipinski definition) is 2. The van der Waals surface area contributed by atoms with Crippen LogP contribution in [-0.2, 0) is 0 Å². The first-order chi connectivity index (χ1) is 7.66. The van der Waals surface area contributed by atoms with Crippen LogP contribution >= 0.6 is 0 Å². The summed E-state index contributed by atoms with van der Waals surface area (Å²) in [5, 5.41) is 7.63. The lowest BCUT2D eigenvalue weighted by molar-refractivity contribution is 0.333. The van der Waals surface area contributed by atoms with Crippen molar-refractivity contribution in [3.05, 3.63) is 0 Å². The summed E-state index contributed by atoms with van der Waals surface area (Å²) < 4.78 is 1.89. The minimum Gasteiger partial charge on any atom is -0.368 e. The number of anilines is 2. The Morgan fingerprint density at radius 3 is 2.62 bits per heavy atom. The van der Waals surface area contributed by atoms with Gasteiger partial charge in [0.25, 0.3) is 0 Å². The summed E-state index contributed by atoms with van der Waals surface area (Å²) in [6.07, 6.45) is 6.24. The molecular weight excluding hydrogens is 202 g/mol. The van der Waals surface area contributed by atoms with Crippen molar-refractivity contribution in [1.29, 1.82) is 0 Å². The average Bonchev–Trinajstić information content (AvgIpc) is 2.60. The molecule has 3 N–H and O–H groups in total.